The number of likely N-dealkylation sites (tertiary alicyclic amines) is 1. The molecule has 3 N–H and O–H groups in total. The van der Waals surface area contributed by atoms with E-state index in [-0.39, 0.29) is 48.4 Å². The minimum Gasteiger partial charge on any atom is -0.379 e. The average molecular weight is 444 g/mol. The number of nitrogens with zero attached hydrogens (tertiary/aromatic N) is 2. The quantitative estimate of drug-likeness (QED) is 0.623. The zero-order chi connectivity index (χ0) is 22.4. The summed E-state index contributed by atoms with van der Waals surface area (Å²) in [5, 5.41) is 3.05. The highest BCUT2D eigenvalue weighted by Crippen LogP contribution is 2.52. The first-order chi connectivity index (χ1) is 14.7. The lowest BCUT2D eigenvalue weighted by molar-refractivity contribution is -0.190. The molecule has 4 rings (SSSR count). The molecule has 31 heavy (non-hydrogen) atoms. The van der Waals surface area contributed by atoms with Gasteiger partial charge in [-0.15, -0.1) is 0 Å². The Labute approximate surface area is 180 Å². The van der Waals surface area contributed by atoms with Gasteiger partial charge in [0.05, 0.1) is 17.6 Å². The van der Waals surface area contributed by atoms with Crippen LogP contribution in [0.4, 0.5) is 18.0 Å². The standard InChI is InChI=1S/C21H32F3N5O2/c1-12-8-15-11-20(10-12,13(2)31-3)29(15)19(30)27-14-4-5-17(21(22,23)24)16(9-14)18-25-6-7-26-28-18/h6-7,12-17,26H,4-5,8-11H2,1-3H3,(H,25,28)(H,27,30)/t12-,13?,14?,15-,16?,17?,20?/m1/s1. The van der Waals surface area contributed by atoms with Gasteiger partial charge in [-0.3, -0.25) is 5.43 Å². The van der Waals surface area contributed by atoms with E-state index in [1.165, 1.54) is 12.4 Å². The molecule has 2 heterocycles. The van der Waals surface area contributed by atoms with E-state index in [9.17, 15) is 18.0 Å². The molecule has 0 aromatic heterocycles. The predicted octanol–water partition coefficient (Wildman–Crippen LogP) is 3.30. The van der Waals surface area contributed by atoms with Crippen molar-refractivity contribution in [1.82, 2.24) is 21.1 Å². The number of alkyl halides is 3. The summed E-state index contributed by atoms with van der Waals surface area (Å²) in [6.07, 6.45) is 1.77. The minimum absolute atomic E-state index is 0.0381. The van der Waals surface area contributed by atoms with Gasteiger partial charge in [0.15, 0.2) is 0 Å². The molecule has 5 unspecified atom stereocenters. The van der Waals surface area contributed by atoms with Gasteiger partial charge in [0.25, 0.3) is 0 Å². The second kappa shape index (κ2) is 8.18. The van der Waals surface area contributed by atoms with Crippen LogP contribution < -0.4 is 16.2 Å². The third-order valence-corrected chi connectivity index (χ3v) is 7.66. The molecule has 7 nitrogen and oxygen atoms in total. The van der Waals surface area contributed by atoms with Crippen molar-refractivity contribution in [2.75, 3.05) is 7.11 Å². The monoisotopic (exact) mass is 443 g/mol. The SMILES string of the molecule is COC(C)C12C[C@H](C)C[C@H](C1)N2C(=O)NC1CCC(C(F)(F)F)C(C2=NC=CNN2)C1. The van der Waals surface area contributed by atoms with Gasteiger partial charge in [-0.2, -0.15) is 13.2 Å². The number of aliphatic imine (C=N–C) groups is 1. The molecule has 1 saturated heterocycles. The van der Waals surface area contributed by atoms with Gasteiger partial charge >= 0.3 is 12.2 Å². The molecule has 2 aliphatic carbocycles. The van der Waals surface area contributed by atoms with Crippen LogP contribution in [0.5, 0.6) is 0 Å². The number of carbonyl (C=O) groups is 1. The summed E-state index contributed by atoms with van der Waals surface area (Å²) >= 11 is 0. The van der Waals surface area contributed by atoms with Crippen molar-refractivity contribution < 1.29 is 22.7 Å². The van der Waals surface area contributed by atoms with Crippen LogP contribution in [-0.4, -0.2) is 53.8 Å². The lowest BCUT2D eigenvalue weighted by Gasteiger charge is -2.65. The number of hydrogen-bond donors (Lipinski definition) is 3. The van der Waals surface area contributed by atoms with Crippen molar-refractivity contribution in [2.45, 2.75) is 82.3 Å². The Kier molecular flexibility index (Phi) is 5.87. The molecule has 2 amide bonds. The number of rotatable bonds is 4. The molecule has 7 atom stereocenters. The highest BCUT2D eigenvalue weighted by atomic mass is 19.4. The molecule has 2 bridgehead atoms. The number of hydrazine groups is 1. The maximum atomic E-state index is 13.7. The fraction of sp³-hybridized carbons (Fsp3) is 0.810. The summed E-state index contributed by atoms with van der Waals surface area (Å²) in [6, 6.07) is -0.347. The first-order valence-corrected chi connectivity index (χ1v) is 11.1. The van der Waals surface area contributed by atoms with E-state index >= 15 is 0 Å². The highest BCUT2D eigenvalue weighted by Gasteiger charge is 2.61. The fourth-order valence-corrected chi connectivity index (χ4v) is 6.22. The van der Waals surface area contributed by atoms with Gasteiger partial charge in [0.1, 0.15) is 5.84 Å². The van der Waals surface area contributed by atoms with E-state index in [4.69, 9.17) is 4.74 Å². The van der Waals surface area contributed by atoms with Gasteiger partial charge in [-0.1, -0.05) is 6.92 Å². The number of fused-ring (bicyclic) bond motifs is 2. The van der Waals surface area contributed by atoms with Crippen LogP contribution in [0.25, 0.3) is 0 Å². The number of urea groups is 1. The third kappa shape index (κ3) is 3.99. The molecule has 0 aromatic rings. The number of piperidine rings is 1. The number of ether oxygens (including phenoxy) is 1. The normalized spacial score (nSPS) is 38.3. The Morgan fingerprint density at radius 2 is 2.13 bits per heavy atom. The summed E-state index contributed by atoms with van der Waals surface area (Å²) in [7, 11) is 1.66. The van der Waals surface area contributed by atoms with E-state index in [2.05, 4.69) is 28.1 Å². The Morgan fingerprint density at radius 1 is 1.35 bits per heavy atom. The molecule has 10 heteroatoms. The minimum atomic E-state index is -4.31. The average Bonchev–Trinajstić information content (AvgIpc) is 2.72. The van der Waals surface area contributed by atoms with Crippen molar-refractivity contribution in [3.63, 3.8) is 0 Å². The molecular weight excluding hydrogens is 411 g/mol. The Morgan fingerprint density at radius 3 is 2.77 bits per heavy atom. The molecule has 0 radical (unpaired) electrons. The van der Waals surface area contributed by atoms with E-state index in [1.807, 2.05) is 11.8 Å². The molecule has 0 aromatic carbocycles. The second-order valence-electron chi connectivity index (χ2n) is 9.57. The first-order valence-electron chi connectivity index (χ1n) is 11.1. The van der Waals surface area contributed by atoms with E-state index in [0.717, 1.165) is 19.3 Å². The van der Waals surface area contributed by atoms with Crippen LogP contribution in [0.15, 0.2) is 17.4 Å². The third-order valence-electron chi connectivity index (χ3n) is 7.66. The first kappa shape index (κ1) is 22.2. The fourth-order valence-electron chi connectivity index (χ4n) is 6.22. The largest absolute Gasteiger partial charge is 0.392 e. The topological polar surface area (TPSA) is 78.0 Å². The van der Waals surface area contributed by atoms with Crippen LogP contribution in [0.2, 0.25) is 0 Å². The van der Waals surface area contributed by atoms with Crippen molar-refractivity contribution >= 4 is 11.9 Å². The summed E-state index contributed by atoms with van der Waals surface area (Å²) in [5.41, 5.74) is 5.14. The van der Waals surface area contributed by atoms with Gasteiger partial charge in [-0.25, -0.2) is 9.79 Å². The molecular formula is C21H32F3N5O2. The summed E-state index contributed by atoms with van der Waals surface area (Å²) in [5.74, 6) is -1.53. The van der Waals surface area contributed by atoms with E-state index < -0.39 is 18.0 Å². The highest BCUT2D eigenvalue weighted by molar-refractivity contribution is 5.86. The summed E-state index contributed by atoms with van der Waals surface area (Å²) < 4.78 is 46.6. The number of hydrogen-bond acceptors (Lipinski definition) is 5. The summed E-state index contributed by atoms with van der Waals surface area (Å²) in [4.78, 5) is 19.3. The number of amides is 2. The van der Waals surface area contributed by atoms with Crippen LogP contribution in [0.3, 0.4) is 0 Å². The molecule has 3 fully saturated rings. The lowest BCUT2D eigenvalue weighted by atomic mass is 9.62. The number of methoxy groups -OCH3 is 1. The van der Waals surface area contributed by atoms with Crippen molar-refractivity contribution in [1.29, 1.82) is 0 Å². The van der Waals surface area contributed by atoms with Gasteiger partial charge in [-0.05, 0) is 51.4 Å². The Hall–Kier alpha value is -1.97. The lowest BCUT2D eigenvalue weighted by Crippen LogP contribution is -2.77. The maximum absolute atomic E-state index is 13.7. The van der Waals surface area contributed by atoms with Crippen LogP contribution in [-0.2, 0) is 4.74 Å². The molecule has 0 spiro atoms. The second-order valence-corrected chi connectivity index (χ2v) is 9.57. The molecule has 174 valence electrons. The molecule has 2 saturated carbocycles. The zero-order valence-electron chi connectivity index (χ0n) is 18.2. The smallest absolute Gasteiger partial charge is 0.379 e. The number of halogens is 3. The van der Waals surface area contributed by atoms with Crippen LogP contribution in [0.1, 0.15) is 52.4 Å². The Bertz CT molecular complexity index is 758. The van der Waals surface area contributed by atoms with Crippen LogP contribution >= 0.6 is 0 Å². The van der Waals surface area contributed by atoms with Gasteiger partial charge < -0.3 is 20.4 Å². The van der Waals surface area contributed by atoms with Crippen LogP contribution in [0, 0.1) is 17.8 Å². The molecule has 2 aliphatic heterocycles. The number of nitrogens with one attached hydrogen (secondary N) is 3. The summed E-state index contributed by atoms with van der Waals surface area (Å²) in [6.45, 7) is 4.19. The Balaban J connectivity index is 1.47. The zero-order valence-corrected chi connectivity index (χ0v) is 18.2. The number of carbonyl (C=O) groups excluding carboxylic acids is 1. The van der Waals surface area contributed by atoms with Gasteiger partial charge in [0.2, 0.25) is 0 Å². The van der Waals surface area contributed by atoms with E-state index in [0.29, 0.717) is 12.3 Å². The predicted molar refractivity (Wildman–Crippen MR) is 110 cm³/mol. The number of amidine groups is 1. The van der Waals surface area contributed by atoms with Crippen molar-refractivity contribution in [3.05, 3.63) is 12.4 Å². The van der Waals surface area contributed by atoms with Gasteiger partial charge in [0, 0.05) is 37.5 Å². The maximum Gasteiger partial charge on any atom is 0.392 e. The van der Waals surface area contributed by atoms with E-state index in [1.54, 1.807) is 7.11 Å². The van der Waals surface area contributed by atoms with Crippen molar-refractivity contribution in [3.8, 4) is 0 Å². The van der Waals surface area contributed by atoms with Crippen molar-refractivity contribution in [2.24, 2.45) is 22.7 Å². The molecule has 4 aliphatic rings.